The van der Waals surface area contributed by atoms with Crippen molar-refractivity contribution in [2.24, 2.45) is 0 Å². The number of hydrogen-bond donors (Lipinski definition) is 0. The van der Waals surface area contributed by atoms with Crippen LogP contribution < -0.4 is 0 Å². The van der Waals surface area contributed by atoms with Crippen LogP contribution in [0.5, 0.6) is 0 Å². The first-order valence-corrected chi connectivity index (χ1v) is 4.34. The molecular weight excluding hydrogens is 175 g/mol. The molecule has 1 heterocycles. The lowest BCUT2D eigenvalue weighted by Crippen LogP contribution is -2.40. The molecule has 3 nitrogen and oxygen atoms in total. The van der Waals surface area contributed by atoms with Crippen molar-refractivity contribution in [1.82, 2.24) is 0 Å². The van der Waals surface area contributed by atoms with Gasteiger partial charge in [0.05, 0.1) is 19.6 Å². The van der Waals surface area contributed by atoms with Crippen LogP contribution in [0, 0.1) is 0 Å². The molecule has 0 amide bonds. The van der Waals surface area contributed by atoms with Gasteiger partial charge in [-0.05, 0) is 6.92 Å². The number of alkyl halides is 1. The number of halogens is 1. The normalized spacial score (nSPS) is 21.1. The largest absolute Gasteiger partial charge is 0.381 e. The zero-order valence-electron chi connectivity index (χ0n) is 7.64. The predicted molar refractivity (Wildman–Crippen MR) is 44.2 cm³/mol. The fraction of sp³-hybridized carbons (Fsp3) is 0.778. The van der Waals surface area contributed by atoms with E-state index in [0.29, 0.717) is 0 Å². The Balaban J connectivity index is 2.56. The molecule has 0 aromatic carbocycles. The summed E-state index contributed by atoms with van der Waals surface area (Å²) in [5.41, 5.74) is -1.82. The molecule has 0 radical (unpaired) electrons. The standard InChI is InChI=1S/C9H13FO3/c1-7(11)6-8(12)9(10)2-4-13-5-3-9/h2-6H2,1H3. The Morgan fingerprint density at radius 2 is 1.92 bits per heavy atom. The molecular formula is C9H13FO3. The lowest BCUT2D eigenvalue weighted by atomic mass is 9.89. The van der Waals surface area contributed by atoms with Crippen molar-refractivity contribution in [1.29, 1.82) is 0 Å². The van der Waals surface area contributed by atoms with Gasteiger partial charge in [-0.3, -0.25) is 9.59 Å². The van der Waals surface area contributed by atoms with Gasteiger partial charge in [0.15, 0.2) is 11.5 Å². The summed E-state index contributed by atoms with van der Waals surface area (Å²) in [5, 5.41) is 0. The van der Waals surface area contributed by atoms with Gasteiger partial charge in [0.1, 0.15) is 5.78 Å². The molecule has 1 saturated heterocycles. The van der Waals surface area contributed by atoms with Crippen molar-refractivity contribution in [3.05, 3.63) is 0 Å². The van der Waals surface area contributed by atoms with E-state index >= 15 is 0 Å². The van der Waals surface area contributed by atoms with E-state index in [1.807, 2.05) is 0 Å². The molecule has 0 saturated carbocycles. The molecule has 74 valence electrons. The smallest absolute Gasteiger partial charge is 0.177 e. The number of rotatable bonds is 3. The molecule has 1 fully saturated rings. The SMILES string of the molecule is CC(=O)CC(=O)C1(F)CCOCC1. The van der Waals surface area contributed by atoms with Gasteiger partial charge in [-0.15, -0.1) is 0 Å². The first-order valence-electron chi connectivity index (χ1n) is 4.34. The summed E-state index contributed by atoms with van der Waals surface area (Å²) in [6.07, 6.45) is -0.130. The Labute approximate surface area is 76.3 Å². The van der Waals surface area contributed by atoms with Gasteiger partial charge < -0.3 is 4.74 Å². The Kier molecular flexibility index (Phi) is 3.14. The summed E-state index contributed by atoms with van der Waals surface area (Å²) in [4.78, 5) is 21.9. The van der Waals surface area contributed by atoms with Crippen molar-refractivity contribution in [3.8, 4) is 0 Å². The number of carbonyl (C=O) groups excluding carboxylic acids is 2. The first-order chi connectivity index (χ1) is 6.04. The van der Waals surface area contributed by atoms with Crippen LogP contribution in [-0.2, 0) is 14.3 Å². The molecule has 0 aromatic rings. The maximum Gasteiger partial charge on any atom is 0.177 e. The van der Waals surface area contributed by atoms with Crippen LogP contribution in [0.4, 0.5) is 4.39 Å². The summed E-state index contributed by atoms with van der Waals surface area (Å²) >= 11 is 0. The van der Waals surface area contributed by atoms with Gasteiger partial charge in [-0.2, -0.15) is 0 Å². The maximum atomic E-state index is 13.7. The summed E-state index contributed by atoms with van der Waals surface area (Å²) in [5.74, 6) is -0.878. The number of hydrogen-bond acceptors (Lipinski definition) is 3. The Bertz CT molecular complexity index is 219. The van der Waals surface area contributed by atoms with Crippen molar-refractivity contribution < 1.29 is 18.7 Å². The predicted octanol–water partition coefficient (Wildman–Crippen LogP) is 1.05. The molecule has 4 heteroatoms. The molecule has 0 aromatic heterocycles. The third kappa shape index (κ3) is 2.59. The summed E-state index contributed by atoms with van der Waals surface area (Å²) in [7, 11) is 0. The third-order valence-electron chi connectivity index (χ3n) is 2.19. The van der Waals surface area contributed by atoms with Crippen molar-refractivity contribution in [3.63, 3.8) is 0 Å². The van der Waals surface area contributed by atoms with E-state index in [-0.39, 0.29) is 38.3 Å². The zero-order valence-corrected chi connectivity index (χ0v) is 7.64. The molecule has 13 heavy (non-hydrogen) atoms. The highest BCUT2D eigenvalue weighted by atomic mass is 19.1. The topological polar surface area (TPSA) is 43.4 Å². The van der Waals surface area contributed by atoms with E-state index in [2.05, 4.69) is 0 Å². The van der Waals surface area contributed by atoms with Gasteiger partial charge >= 0.3 is 0 Å². The van der Waals surface area contributed by atoms with Crippen LogP contribution in [0.2, 0.25) is 0 Å². The first kappa shape index (κ1) is 10.3. The molecule has 0 aliphatic carbocycles. The lowest BCUT2D eigenvalue weighted by Gasteiger charge is -2.27. The van der Waals surface area contributed by atoms with Crippen LogP contribution in [0.15, 0.2) is 0 Å². The number of carbonyl (C=O) groups is 2. The van der Waals surface area contributed by atoms with Gasteiger partial charge in [0, 0.05) is 12.8 Å². The zero-order chi connectivity index (χ0) is 9.90. The van der Waals surface area contributed by atoms with Crippen molar-refractivity contribution in [2.45, 2.75) is 31.9 Å². The molecule has 0 N–H and O–H groups in total. The number of Topliss-reactive ketones (excluding diaryl/α,β-unsaturated/α-hetero) is 2. The maximum absolute atomic E-state index is 13.7. The highest BCUT2D eigenvalue weighted by molar-refractivity contribution is 6.02. The van der Waals surface area contributed by atoms with Crippen molar-refractivity contribution >= 4 is 11.6 Å². The van der Waals surface area contributed by atoms with Crippen LogP contribution in [0.1, 0.15) is 26.2 Å². The van der Waals surface area contributed by atoms with Crippen LogP contribution in [0.3, 0.4) is 0 Å². The minimum Gasteiger partial charge on any atom is -0.381 e. The minimum absolute atomic E-state index is 0.0825. The lowest BCUT2D eigenvalue weighted by molar-refractivity contribution is -0.139. The molecule has 0 atom stereocenters. The molecule has 1 aliphatic rings. The minimum atomic E-state index is -1.82. The van der Waals surface area contributed by atoms with Crippen molar-refractivity contribution in [2.75, 3.05) is 13.2 Å². The average molecular weight is 188 g/mol. The number of ketones is 2. The van der Waals surface area contributed by atoms with Crippen LogP contribution >= 0.6 is 0 Å². The second kappa shape index (κ2) is 3.96. The van der Waals surface area contributed by atoms with E-state index in [4.69, 9.17) is 4.74 Å². The van der Waals surface area contributed by atoms with Gasteiger partial charge in [-0.1, -0.05) is 0 Å². The van der Waals surface area contributed by atoms with E-state index in [1.54, 1.807) is 0 Å². The second-order valence-corrected chi connectivity index (χ2v) is 3.38. The summed E-state index contributed by atoms with van der Waals surface area (Å²) in [6.45, 7) is 1.82. The van der Waals surface area contributed by atoms with Gasteiger partial charge in [0.25, 0.3) is 0 Å². The Hall–Kier alpha value is -0.770. The van der Waals surface area contributed by atoms with E-state index in [1.165, 1.54) is 6.92 Å². The molecule has 0 bridgehead atoms. The fourth-order valence-corrected chi connectivity index (χ4v) is 1.36. The summed E-state index contributed by atoms with van der Waals surface area (Å²) in [6, 6.07) is 0. The quantitative estimate of drug-likeness (QED) is 0.622. The molecule has 1 aliphatic heterocycles. The van der Waals surface area contributed by atoms with Crippen LogP contribution in [0.25, 0.3) is 0 Å². The third-order valence-corrected chi connectivity index (χ3v) is 2.19. The Morgan fingerprint density at radius 1 is 1.38 bits per heavy atom. The van der Waals surface area contributed by atoms with Gasteiger partial charge in [0.2, 0.25) is 0 Å². The average Bonchev–Trinajstić information content (AvgIpc) is 2.04. The van der Waals surface area contributed by atoms with Crippen LogP contribution in [-0.4, -0.2) is 30.4 Å². The number of ether oxygens (including phenoxy) is 1. The molecule has 1 rings (SSSR count). The highest BCUT2D eigenvalue weighted by Crippen LogP contribution is 2.27. The molecule has 0 spiro atoms. The highest BCUT2D eigenvalue weighted by Gasteiger charge is 2.39. The monoisotopic (exact) mass is 188 g/mol. The van der Waals surface area contributed by atoms with E-state index in [9.17, 15) is 14.0 Å². The van der Waals surface area contributed by atoms with E-state index in [0.717, 1.165) is 0 Å². The second-order valence-electron chi connectivity index (χ2n) is 3.38. The Morgan fingerprint density at radius 3 is 2.38 bits per heavy atom. The molecule has 0 unspecified atom stereocenters. The van der Waals surface area contributed by atoms with E-state index < -0.39 is 11.5 Å². The fourth-order valence-electron chi connectivity index (χ4n) is 1.36. The summed E-state index contributed by atoms with van der Waals surface area (Å²) < 4.78 is 18.7. The van der Waals surface area contributed by atoms with Gasteiger partial charge in [-0.25, -0.2) is 4.39 Å².